The van der Waals surface area contributed by atoms with Gasteiger partial charge in [0.05, 0.1) is 0 Å². The van der Waals surface area contributed by atoms with Gasteiger partial charge in [-0.1, -0.05) is 32.4 Å². The topological polar surface area (TPSA) is 29.1 Å². The molecule has 0 radical (unpaired) electrons. The molecule has 1 amide bonds. The third-order valence-corrected chi connectivity index (χ3v) is 6.46. The summed E-state index contributed by atoms with van der Waals surface area (Å²) in [6, 6.07) is 7.40. The Balaban J connectivity index is 1.76. The Labute approximate surface area is 125 Å². The van der Waals surface area contributed by atoms with E-state index in [9.17, 15) is 4.79 Å². The number of halogens is 1. The minimum Gasteiger partial charge on any atom is -0.349 e. The number of hydrogen-bond acceptors (Lipinski definition) is 1. The van der Waals surface area contributed by atoms with E-state index in [4.69, 9.17) is 11.6 Å². The van der Waals surface area contributed by atoms with Crippen molar-refractivity contribution in [3.05, 3.63) is 34.9 Å². The maximum Gasteiger partial charge on any atom is 0.251 e. The Bertz CT molecular complexity index is 536. The Morgan fingerprint density at radius 3 is 2.40 bits per heavy atom. The number of amides is 1. The van der Waals surface area contributed by atoms with E-state index in [-0.39, 0.29) is 11.3 Å². The van der Waals surface area contributed by atoms with Crippen molar-refractivity contribution in [1.82, 2.24) is 5.32 Å². The second-order valence-electron chi connectivity index (χ2n) is 7.14. The summed E-state index contributed by atoms with van der Waals surface area (Å²) in [5, 5.41) is 3.92. The first-order valence-corrected chi connectivity index (χ1v) is 7.79. The molecule has 3 heteroatoms. The minimum atomic E-state index is 0.0243. The Morgan fingerprint density at radius 2 is 1.90 bits per heavy atom. The average Bonchev–Trinajstić information content (AvgIpc) is 2.72. The molecule has 2 aliphatic carbocycles. The van der Waals surface area contributed by atoms with Gasteiger partial charge in [-0.15, -0.1) is 0 Å². The van der Waals surface area contributed by atoms with Gasteiger partial charge < -0.3 is 5.32 Å². The summed E-state index contributed by atoms with van der Waals surface area (Å²) in [5.74, 6) is 0.763. The zero-order valence-corrected chi connectivity index (χ0v) is 13.1. The van der Waals surface area contributed by atoms with Crippen molar-refractivity contribution in [2.45, 2.75) is 46.1 Å². The molecule has 0 spiro atoms. The summed E-state index contributed by atoms with van der Waals surface area (Å²) in [6.07, 6.45) is 3.63. The van der Waals surface area contributed by atoms with Crippen LogP contribution >= 0.6 is 11.6 Å². The van der Waals surface area contributed by atoms with E-state index in [2.05, 4.69) is 26.1 Å². The van der Waals surface area contributed by atoms with Gasteiger partial charge in [0.2, 0.25) is 0 Å². The van der Waals surface area contributed by atoms with Crippen LogP contribution in [0.3, 0.4) is 0 Å². The van der Waals surface area contributed by atoms with Crippen molar-refractivity contribution in [3.8, 4) is 0 Å². The molecular weight excluding hydrogens is 270 g/mol. The molecule has 0 aromatic heterocycles. The van der Waals surface area contributed by atoms with Crippen LogP contribution in [0, 0.1) is 16.7 Å². The highest BCUT2D eigenvalue weighted by Gasteiger charge is 2.61. The van der Waals surface area contributed by atoms with Gasteiger partial charge in [0.15, 0.2) is 0 Å². The molecule has 2 bridgehead atoms. The van der Waals surface area contributed by atoms with E-state index in [1.807, 2.05) is 0 Å². The van der Waals surface area contributed by atoms with E-state index in [0.29, 0.717) is 22.0 Å². The van der Waals surface area contributed by atoms with Gasteiger partial charge >= 0.3 is 0 Å². The van der Waals surface area contributed by atoms with E-state index in [1.165, 1.54) is 12.8 Å². The number of fused-ring (bicyclic) bond motifs is 2. The molecular formula is C17H22ClNO. The van der Waals surface area contributed by atoms with E-state index in [0.717, 1.165) is 12.3 Å². The van der Waals surface area contributed by atoms with Gasteiger partial charge in [-0.05, 0) is 60.3 Å². The maximum atomic E-state index is 12.4. The lowest BCUT2D eigenvalue weighted by atomic mass is 9.69. The van der Waals surface area contributed by atoms with Gasteiger partial charge in [-0.2, -0.15) is 0 Å². The standard InChI is InChI=1S/C17H22ClNO/c1-16(2)12-8-9-17(16,3)14(10-12)19-15(20)11-4-6-13(18)7-5-11/h4-7,12,14H,8-10H2,1-3H3,(H,19,20)/t12?,14?,17-/m0/s1. The third kappa shape index (κ3) is 1.88. The zero-order valence-electron chi connectivity index (χ0n) is 12.4. The molecule has 3 rings (SSSR count). The van der Waals surface area contributed by atoms with Crippen LogP contribution in [0.25, 0.3) is 0 Å². The van der Waals surface area contributed by atoms with Crippen molar-refractivity contribution in [2.24, 2.45) is 16.7 Å². The molecule has 0 aliphatic heterocycles. The van der Waals surface area contributed by atoms with Crippen LogP contribution < -0.4 is 5.32 Å². The molecule has 2 nitrogen and oxygen atoms in total. The molecule has 2 aliphatic rings. The Hall–Kier alpha value is -1.02. The average molecular weight is 292 g/mol. The highest BCUT2D eigenvalue weighted by molar-refractivity contribution is 6.30. The minimum absolute atomic E-state index is 0.0243. The number of benzene rings is 1. The molecule has 3 atom stereocenters. The van der Waals surface area contributed by atoms with Crippen molar-refractivity contribution in [1.29, 1.82) is 0 Å². The fourth-order valence-corrected chi connectivity index (χ4v) is 4.39. The third-order valence-electron chi connectivity index (χ3n) is 6.21. The van der Waals surface area contributed by atoms with E-state index < -0.39 is 0 Å². The molecule has 2 saturated carbocycles. The van der Waals surface area contributed by atoms with Gasteiger partial charge in [-0.3, -0.25) is 4.79 Å². The number of hydrogen-bond donors (Lipinski definition) is 1. The summed E-state index contributed by atoms with van der Waals surface area (Å²) in [4.78, 5) is 12.4. The van der Waals surface area contributed by atoms with Crippen molar-refractivity contribution in [3.63, 3.8) is 0 Å². The van der Waals surface area contributed by atoms with Crippen molar-refractivity contribution in [2.75, 3.05) is 0 Å². The van der Waals surface area contributed by atoms with Gasteiger partial charge in [-0.25, -0.2) is 0 Å². The summed E-state index contributed by atoms with van der Waals surface area (Å²) in [7, 11) is 0. The number of rotatable bonds is 2. The predicted octanol–water partition coefficient (Wildman–Crippen LogP) is 4.28. The molecule has 0 saturated heterocycles. The normalized spacial score (nSPS) is 34.2. The summed E-state index contributed by atoms with van der Waals surface area (Å²) in [6.45, 7) is 7.06. The number of carbonyl (C=O) groups excluding carboxylic acids is 1. The highest BCUT2D eigenvalue weighted by Crippen LogP contribution is 2.65. The van der Waals surface area contributed by atoms with E-state index in [1.54, 1.807) is 24.3 Å². The number of nitrogens with one attached hydrogen (secondary N) is 1. The fraction of sp³-hybridized carbons (Fsp3) is 0.588. The first kappa shape index (κ1) is 13.9. The first-order chi connectivity index (χ1) is 9.34. The molecule has 2 fully saturated rings. The van der Waals surface area contributed by atoms with Crippen LogP contribution in [-0.4, -0.2) is 11.9 Å². The van der Waals surface area contributed by atoms with Gasteiger partial charge in [0, 0.05) is 16.6 Å². The molecule has 1 aromatic rings. The first-order valence-electron chi connectivity index (χ1n) is 7.41. The van der Waals surface area contributed by atoms with Crippen LogP contribution in [0.15, 0.2) is 24.3 Å². The van der Waals surface area contributed by atoms with Crippen molar-refractivity contribution < 1.29 is 4.79 Å². The lowest BCUT2D eigenvalue weighted by Gasteiger charge is -2.39. The summed E-state index contributed by atoms with van der Waals surface area (Å²) >= 11 is 5.87. The predicted molar refractivity (Wildman–Crippen MR) is 81.9 cm³/mol. The Kier molecular flexibility index (Phi) is 3.13. The van der Waals surface area contributed by atoms with Crippen LogP contribution in [0.2, 0.25) is 5.02 Å². The highest BCUT2D eigenvalue weighted by atomic mass is 35.5. The second kappa shape index (κ2) is 4.49. The Morgan fingerprint density at radius 1 is 1.25 bits per heavy atom. The number of carbonyl (C=O) groups is 1. The van der Waals surface area contributed by atoms with E-state index >= 15 is 0 Å². The SMILES string of the molecule is CC1(C)C2CC[C@@]1(C)C(NC(=O)c1ccc(Cl)cc1)C2. The molecule has 2 unspecified atom stereocenters. The van der Waals surface area contributed by atoms with Crippen LogP contribution in [0.5, 0.6) is 0 Å². The van der Waals surface area contributed by atoms with Crippen molar-refractivity contribution >= 4 is 17.5 Å². The fourth-order valence-electron chi connectivity index (χ4n) is 4.26. The smallest absolute Gasteiger partial charge is 0.251 e. The van der Waals surface area contributed by atoms with Crippen LogP contribution in [0.1, 0.15) is 50.4 Å². The van der Waals surface area contributed by atoms with Gasteiger partial charge in [0.25, 0.3) is 5.91 Å². The zero-order chi connectivity index (χ0) is 14.5. The molecule has 0 heterocycles. The molecule has 20 heavy (non-hydrogen) atoms. The van der Waals surface area contributed by atoms with Gasteiger partial charge in [0.1, 0.15) is 0 Å². The molecule has 1 N–H and O–H groups in total. The van der Waals surface area contributed by atoms with Crippen LogP contribution in [0.4, 0.5) is 0 Å². The summed E-state index contributed by atoms with van der Waals surface area (Å²) < 4.78 is 0. The summed E-state index contributed by atoms with van der Waals surface area (Å²) in [5.41, 5.74) is 1.24. The molecule has 108 valence electrons. The maximum absolute atomic E-state index is 12.4. The van der Waals surface area contributed by atoms with Crippen LogP contribution in [-0.2, 0) is 0 Å². The lowest BCUT2D eigenvalue weighted by molar-refractivity contribution is 0.0826. The lowest BCUT2D eigenvalue weighted by Crippen LogP contribution is -2.46. The largest absolute Gasteiger partial charge is 0.349 e. The molecule has 1 aromatic carbocycles. The monoisotopic (exact) mass is 291 g/mol. The second-order valence-corrected chi connectivity index (χ2v) is 7.58. The quantitative estimate of drug-likeness (QED) is 0.865.